The van der Waals surface area contributed by atoms with E-state index in [0.717, 1.165) is 6.54 Å². The van der Waals surface area contributed by atoms with Gasteiger partial charge in [-0.25, -0.2) is 0 Å². The summed E-state index contributed by atoms with van der Waals surface area (Å²) in [6, 6.07) is 0. The maximum atomic E-state index is 5.44. The quantitative estimate of drug-likeness (QED) is 0.397. The average molecular weight is 211 g/mol. The van der Waals surface area contributed by atoms with Gasteiger partial charge in [0.25, 0.3) is 0 Å². The highest BCUT2D eigenvalue weighted by Gasteiger charge is 1.91. The van der Waals surface area contributed by atoms with Crippen LogP contribution in [0.15, 0.2) is 12.2 Å². The predicted octanol–water partition coefficient (Wildman–Crippen LogP) is 4.42. The fraction of sp³-hybridized carbons (Fsp3) is 0.857. The molecule has 0 amide bonds. The third-order valence-corrected chi connectivity index (χ3v) is 2.81. The summed E-state index contributed by atoms with van der Waals surface area (Å²) in [5, 5.41) is 0. The Morgan fingerprint density at radius 3 is 1.67 bits per heavy atom. The second-order valence-corrected chi connectivity index (χ2v) is 4.33. The van der Waals surface area contributed by atoms with Crippen molar-refractivity contribution in [1.29, 1.82) is 0 Å². The molecule has 2 N–H and O–H groups in total. The third-order valence-electron chi connectivity index (χ3n) is 2.81. The molecule has 0 atom stereocenters. The van der Waals surface area contributed by atoms with E-state index in [-0.39, 0.29) is 0 Å². The monoisotopic (exact) mass is 211 g/mol. The predicted molar refractivity (Wildman–Crippen MR) is 70.0 cm³/mol. The molecule has 0 aromatic rings. The summed E-state index contributed by atoms with van der Waals surface area (Å²) in [7, 11) is 0. The topological polar surface area (TPSA) is 26.0 Å². The van der Waals surface area contributed by atoms with E-state index in [2.05, 4.69) is 19.1 Å². The van der Waals surface area contributed by atoms with Crippen LogP contribution in [0, 0.1) is 0 Å². The van der Waals surface area contributed by atoms with Gasteiger partial charge in [0, 0.05) is 0 Å². The van der Waals surface area contributed by atoms with Gasteiger partial charge in [-0.15, -0.1) is 0 Å². The number of hydrogen-bond acceptors (Lipinski definition) is 1. The minimum atomic E-state index is 0.866. The Balaban J connectivity index is 2.86. The highest BCUT2D eigenvalue weighted by molar-refractivity contribution is 4.76. The molecule has 0 fully saturated rings. The van der Waals surface area contributed by atoms with Gasteiger partial charge >= 0.3 is 0 Å². The normalized spacial score (nSPS) is 11.3. The summed E-state index contributed by atoms with van der Waals surface area (Å²) in [6.07, 6.45) is 18.1. The molecule has 0 unspecified atom stereocenters. The number of nitrogens with two attached hydrogens (primary N) is 1. The first-order valence-electron chi connectivity index (χ1n) is 6.73. The van der Waals surface area contributed by atoms with Crippen molar-refractivity contribution in [1.82, 2.24) is 0 Å². The zero-order valence-corrected chi connectivity index (χ0v) is 10.5. The SMILES string of the molecule is C/C=C/CCCCCCCCCCCN. The van der Waals surface area contributed by atoms with Gasteiger partial charge in [0.1, 0.15) is 0 Å². The lowest BCUT2D eigenvalue weighted by Crippen LogP contribution is -1.97. The van der Waals surface area contributed by atoms with Gasteiger partial charge in [0.05, 0.1) is 0 Å². The molecule has 0 aliphatic heterocycles. The standard InChI is InChI=1S/C14H29N/c1-2-3-4-5-6-7-8-9-10-11-12-13-14-15/h2-3H,4-15H2,1H3/b3-2+. The maximum Gasteiger partial charge on any atom is -0.00773 e. The Kier molecular flexibility index (Phi) is 13.4. The smallest absolute Gasteiger partial charge is 0.00773 e. The van der Waals surface area contributed by atoms with E-state index in [4.69, 9.17) is 5.73 Å². The van der Waals surface area contributed by atoms with Crippen molar-refractivity contribution >= 4 is 0 Å². The van der Waals surface area contributed by atoms with Crippen LogP contribution in [-0.2, 0) is 0 Å². The lowest BCUT2D eigenvalue weighted by molar-refractivity contribution is 0.562. The van der Waals surface area contributed by atoms with Gasteiger partial charge in [-0.2, -0.15) is 0 Å². The van der Waals surface area contributed by atoms with E-state index in [1.165, 1.54) is 64.2 Å². The molecule has 15 heavy (non-hydrogen) atoms. The molecule has 0 aromatic carbocycles. The van der Waals surface area contributed by atoms with Crippen molar-refractivity contribution in [2.24, 2.45) is 5.73 Å². The highest BCUT2D eigenvalue weighted by Crippen LogP contribution is 2.10. The van der Waals surface area contributed by atoms with Crippen LogP contribution in [0.2, 0.25) is 0 Å². The van der Waals surface area contributed by atoms with Gasteiger partial charge in [-0.05, 0) is 32.7 Å². The molecule has 0 aliphatic rings. The third kappa shape index (κ3) is 13.7. The van der Waals surface area contributed by atoms with Gasteiger partial charge in [0.15, 0.2) is 0 Å². The molecule has 0 saturated carbocycles. The van der Waals surface area contributed by atoms with E-state index in [0.29, 0.717) is 0 Å². The summed E-state index contributed by atoms with van der Waals surface area (Å²) >= 11 is 0. The van der Waals surface area contributed by atoms with Crippen molar-refractivity contribution < 1.29 is 0 Å². The van der Waals surface area contributed by atoms with Crippen molar-refractivity contribution in [3.05, 3.63) is 12.2 Å². The Bertz CT molecular complexity index is 129. The Hall–Kier alpha value is -0.300. The molecule has 0 heterocycles. The van der Waals surface area contributed by atoms with E-state index in [1.54, 1.807) is 0 Å². The summed E-state index contributed by atoms with van der Waals surface area (Å²) in [4.78, 5) is 0. The molecule has 0 rings (SSSR count). The van der Waals surface area contributed by atoms with E-state index in [1.807, 2.05) is 0 Å². The molecular formula is C14H29N. The molecule has 1 heteroatoms. The van der Waals surface area contributed by atoms with Crippen molar-refractivity contribution in [2.45, 2.75) is 71.1 Å². The van der Waals surface area contributed by atoms with Crippen LogP contribution in [0.25, 0.3) is 0 Å². The van der Waals surface area contributed by atoms with E-state index >= 15 is 0 Å². The molecule has 0 radical (unpaired) electrons. The van der Waals surface area contributed by atoms with E-state index in [9.17, 15) is 0 Å². The van der Waals surface area contributed by atoms with Gasteiger partial charge < -0.3 is 5.73 Å². The number of rotatable bonds is 11. The molecule has 0 bridgehead atoms. The van der Waals surface area contributed by atoms with E-state index < -0.39 is 0 Å². The maximum absolute atomic E-state index is 5.44. The minimum absolute atomic E-state index is 0.866. The van der Waals surface area contributed by atoms with Crippen LogP contribution < -0.4 is 5.73 Å². The molecule has 0 spiro atoms. The summed E-state index contributed by atoms with van der Waals surface area (Å²) < 4.78 is 0. The molecule has 90 valence electrons. The molecule has 0 aliphatic carbocycles. The Labute approximate surface area is 96.1 Å². The lowest BCUT2D eigenvalue weighted by Gasteiger charge is -2.01. The van der Waals surface area contributed by atoms with Crippen LogP contribution in [0.4, 0.5) is 0 Å². The first-order chi connectivity index (χ1) is 7.41. The summed E-state index contributed by atoms with van der Waals surface area (Å²) in [6.45, 7) is 2.96. The van der Waals surface area contributed by atoms with Crippen LogP contribution >= 0.6 is 0 Å². The zero-order chi connectivity index (χ0) is 11.2. The second-order valence-electron chi connectivity index (χ2n) is 4.33. The van der Waals surface area contributed by atoms with Gasteiger partial charge in [-0.3, -0.25) is 0 Å². The first-order valence-corrected chi connectivity index (χ1v) is 6.73. The Morgan fingerprint density at radius 2 is 1.20 bits per heavy atom. The lowest BCUT2D eigenvalue weighted by atomic mass is 10.1. The van der Waals surface area contributed by atoms with Crippen molar-refractivity contribution in [3.8, 4) is 0 Å². The van der Waals surface area contributed by atoms with Crippen LogP contribution in [0.5, 0.6) is 0 Å². The number of unbranched alkanes of at least 4 members (excludes halogenated alkanes) is 9. The van der Waals surface area contributed by atoms with Crippen LogP contribution in [-0.4, -0.2) is 6.54 Å². The zero-order valence-electron chi connectivity index (χ0n) is 10.5. The van der Waals surface area contributed by atoms with Crippen LogP contribution in [0.3, 0.4) is 0 Å². The van der Waals surface area contributed by atoms with Crippen LogP contribution in [0.1, 0.15) is 71.1 Å². The number of hydrogen-bond donors (Lipinski definition) is 1. The summed E-state index contributed by atoms with van der Waals surface area (Å²) in [5.74, 6) is 0. The molecule has 0 aromatic heterocycles. The molecule has 0 saturated heterocycles. The molecule has 1 nitrogen and oxygen atoms in total. The largest absolute Gasteiger partial charge is 0.330 e. The van der Waals surface area contributed by atoms with Gasteiger partial charge in [-0.1, -0.05) is 57.1 Å². The average Bonchev–Trinajstić information content (AvgIpc) is 2.26. The fourth-order valence-electron chi connectivity index (χ4n) is 1.81. The second kappa shape index (κ2) is 13.7. The van der Waals surface area contributed by atoms with Crippen molar-refractivity contribution in [2.75, 3.05) is 6.54 Å². The summed E-state index contributed by atoms with van der Waals surface area (Å²) in [5.41, 5.74) is 5.44. The highest BCUT2D eigenvalue weighted by atomic mass is 14.5. The number of allylic oxidation sites excluding steroid dienone is 2. The first kappa shape index (κ1) is 14.7. The van der Waals surface area contributed by atoms with Crippen molar-refractivity contribution in [3.63, 3.8) is 0 Å². The minimum Gasteiger partial charge on any atom is -0.330 e. The fourth-order valence-corrected chi connectivity index (χ4v) is 1.81. The van der Waals surface area contributed by atoms with Gasteiger partial charge in [0.2, 0.25) is 0 Å². The molecular weight excluding hydrogens is 182 g/mol. The Morgan fingerprint density at radius 1 is 0.733 bits per heavy atom.